The first kappa shape index (κ1) is 30.4. The summed E-state index contributed by atoms with van der Waals surface area (Å²) in [6.45, 7) is 5.98. The van der Waals surface area contributed by atoms with Crippen molar-refractivity contribution in [2.75, 3.05) is 31.1 Å². The Morgan fingerprint density at radius 3 is 1.89 bits per heavy atom. The average Bonchev–Trinajstić information content (AvgIpc) is 3.17. The number of hydrogen-bond acceptors (Lipinski definition) is 5. The van der Waals surface area contributed by atoms with Crippen LogP contribution in [0, 0.1) is 0 Å². The second-order valence-corrected chi connectivity index (χ2v) is 8.45. The lowest BCUT2D eigenvalue weighted by molar-refractivity contribution is -0.193. The third-order valence-corrected chi connectivity index (χ3v) is 6.09. The van der Waals surface area contributed by atoms with Gasteiger partial charge >= 0.3 is 24.3 Å². The number of rotatable bonds is 2. The lowest BCUT2D eigenvalue weighted by Crippen LogP contribution is -2.47. The number of fused-ring (bicyclic) bond motifs is 2. The van der Waals surface area contributed by atoms with Crippen LogP contribution in [-0.4, -0.2) is 76.5 Å². The third-order valence-electron chi connectivity index (χ3n) is 6.09. The van der Waals surface area contributed by atoms with Gasteiger partial charge in [0.2, 0.25) is 0 Å². The number of carbonyl (C=O) groups excluding carboxylic acids is 1. The molecule has 0 radical (unpaired) electrons. The van der Waals surface area contributed by atoms with Crippen LogP contribution in [0.4, 0.5) is 32.0 Å². The first-order valence-electron chi connectivity index (χ1n) is 11.3. The maximum atomic E-state index is 12.6. The molecule has 2 aromatic rings. The zero-order valence-corrected chi connectivity index (χ0v) is 20.1. The number of nitrogens with zero attached hydrogens (tertiary/aromatic N) is 3. The number of hydrogen-bond donors (Lipinski definition) is 2. The predicted octanol–water partition coefficient (Wildman–Crippen LogP) is 4.36. The smallest absolute Gasteiger partial charge is 0.475 e. The lowest BCUT2D eigenvalue weighted by Gasteiger charge is -2.40. The van der Waals surface area contributed by atoms with Gasteiger partial charge in [0.25, 0.3) is 5.91 Å². The van der Waals surface area contributed by atoms with Gasteiger partial charge in [0, 0.05) is 49.7 Å². The summed E-state index contributed by atoms with van der Waals surface area (Å²) < 4.78 is 63.5. The number of para-hydroxylation sites is 1. The first-order chi connectivity index (χ1) is 17.6. The van der Waals surface area contributed by atoms with Gasteiger partial charge in [0.1, 0.15) is 0 Å². The second-order valence-electron chi connectivity index (χ2n) is 8.45. The molecule has 0 unspecified atom stereocenters. The molecule has 8 nitrogen and oxygen atoms in total. The van der Waals surface area contributed by atoms with Crippen LogP contribution in [0.3, 0.4) is 0 Å². The Kier molecular flexibility index (Phi) is 9.70. The van der Waals surface area contributed by atoms with Crippen molar-refractivity contribution >= 4 is 23.5 Å². The number of halogens is 6. The number of carbonyl (C=O) groups is 3. The Labute approximate surface area is 213 Å². The molecule has 0 saturated carbocycles. The molecule has 1 amide bonds. The molecule has 1 fully saturated rings. The lowest BCUT2D eigenvalue weighted by atomic mass is 9.74. The van der Waals surface area contributed by atoms with Crippen molar-refractivity contribution in [1.29, 1.82) is 0 Å². The second kappa shape index (κ2) is 12.1. The summed E-state index contributed by atoms with van der Waals surface area (Å²) in [4.78, 5) is 39.0. The number of likely N-dealkylation sites (tertiary alicyclic amines) is 1. The van der Waals surface area contributed by atoms with Gasteiger partial charge in [-0.25, -0.2) is 9.59 Å². The van der Waals surface area contributed by atoms with Gasteiger partial charge in [-0.05, 0) is 43.5 Å². The number of aliphatic carboxylic acids is 2. The van der Waals surface area contributed by atoms with Crippen molar-refractivity contribution in [3.63, 3.8) is 0 Å². The highest BCUT2D eigenvalue weighted by Gasteiger charge is 2.44. The highest BCUT2D eigenvalue weighted by Crippen LogP contribution is 2.46. The zero-order valence-electron chi connectivity index (χ0n) is 20.1. The number of benzene rings is 1. The SMILES string of the molecule is CCN1CC2(CCN(C(=O)c3cccnc3)CC2)c2ccccc21.O=C(O)C(F)(F)F.O=C(O)C(F)(F)F. The van der Waals surface area contributed by atoms with Crippen molar-refractivity contribution in [3.8, 4) is 0 Å². The van der Waals surface area contributed by atoms with E-state index in [2.05, 4.69) is 41.1 Å². The number of pyridine rings is 1. The molecule has 0 bridgehead atoms. The summed E-state index contributed by atoms with van der Waals surface area (Å²) in [6.07, 6.45) is -4.73. The van der Waals surface area contributed by atoms with Crippen LogP contribution in [0.15, 0.2) is 48.8 Å². The molecule has 1 aromatic carbocycles. The van der Waals surface area contributed by atoms with Crippen LogP contribution in [0.25, 0.3) is 0 Å². The number of amides is 1. The van der Waals surface area contributed by atoms with E-state index in [0.717, 1.165) is 39.0 Å². The molecule has 38 heavy (non-hydrogen) atoms. The van der Waals surface area contributed by atoms with Gasteiger partial charge in [0.05, 0.1) is 5.56 Å². The van der Waals surface area contributed by atoms with E-state index in [4.69, 9.17) is 19.8 Å². The molecule has 2 aliphatic heterocycles. The van der Waals surface area contributed by atoms with E-state index in [0.29, 0.717) is 5.56 Å². The largest absolute Gasteiger partial charge is 0.490 e. The Balaban J connectivity index is 0.000000301. The van der Waals surface area contributed by atoms with Crippen molar-refractivity contribution < 1.29 is 50.9 Å². The fourth-order valence-corrected chi connectivity index (χ4v) is 4.25. The fourth-order valence-electron chi connectivity index (χ4n) is 4.25. The van der Waals surface area contributed by atoms with E-state index in [1.54, 1.807) is 12.4 Å². The summed E-state index contributed by atoms with van der Waals surface area (Å²) in [6, 6.07) is 12.5. The molecule has 1 aromatic heterocycles. The molecular weight excluding hydrogens is 524 g/mol. The molecule has 208 valence electrons. The Bertz CT molecular complexity index is 1090. The van der Waals surface area contributed by atoms with Gasteiger partial charge in [-0.3, -0.25) is 9.78 Å². The molecule has 0 atom stereocenters. The molecule has 1 saturated heterocycles. The molecule has 2 N–H and O–H groups in total. The van der Waals surface area contributed by atoms with Crippen molar-refractivity contribution in [2.45, 2.75) is 37.5 Å². The number of alkyl halides is 6. The number of piperidine rings is 1. The molecule has 1 spiro atoms. The van der Waals surface area contributed by atoms with E-state index in [1.807, 2.05) is 17.0 Å². The molecule has 0 aliphatic carbocycles. The van der Waals surface area contributed by atoms with Crippen LogP contribution in [0.5, 0.6) is 0 Å². The van der Waals surface area contributed by atoms with E-state index in [9.17, 15) is 31.1 Å². The first-order valence-corrected chi connectivity index (χ1v) is 11.3. The minimum atomic E-state index is -5.08. The monoisotopic (exact) mass is 549 g/mol. The molecule has 3 heterocycles. The summed E-state index contributed by atoms with van der Waals surface area (Å²) in [7, 11) is 0. The van der Waals surface area contributed by atoms with Gasteiger partial charge < -0.3 is 20.0 Å². The molecular formula is C24H25F6N3O5. The highest BCUT2D eigenvalue weighted by molar-refractivity contribution is 5.94. The summed E-state index contributed by atoms with van der Waals surface area (Å²) in [5.74, 6) is -5.41. The number of carboxylic acid groups (broad SMARTS) is 2. The van der Waals surface area contributed by atoms with E-state index < -0.39 is 24.3 Å². The van der Waals surface area contributed by atoms with Crippen LogP contribution in [-0.2, 0) is 15.0 Å². The molecule has 14 heteroatoms. The van der Waals surface area contributed by atoms with Crippen LogP contribution in [0.1, 0.15) is 35.7 Å². The standard InChI is InChI=1S/C20H23N3O.2C2HF3O2/c1-2-22-15-20(17-7-3-4-8-18(17)22)9-12-23(13-10-20)19(24)16-6-5-11-21-14-16;2*3-2(4,5)1(6)7/h3-8,11,14H,2,9-10,12-13,15H2,1H3;2*(H,6,7). The summed E-state index contributed by atoms with van der Waals surface area (Å²) in [5, 5.41) is 14.2. The summed E-state index contributed by atoms with van der Waals surface area (Å²) in [5.41, 5.74) is 3.75. The Morgan fingerprint density at radius 1 is 0.921 bits per heavy atom. The maximum absolute atomic E-state index is 12.6. The van der Waals surface area contributed by atoms with E-state index in [-0.39, 0.29) is 11.3 Å². The number of aromatic nitrogens is 1. The van der Waals surface area contributed by atoms with Gasteiger partial charge in [0.15, 0.2) is 0 Å². The van der Waals surface area contributed by atoms with Crippen molar-refractivity contribution in [2.24, 2.45) is 0 Å². The minimum absolute atomic E-state index is 0.108. The van der Waals surface area contributed by atoms with Gasteiger partial charge in [-0.2, -0.15) is 26.3 Å². The highest BCUT2D eigenvalue weighted by atomic mass is 19.4. The molecule has 4 rings (SSSR count). The number of anilines is 1. The number of carboxylic acids is 2. The fraction of sp³-hybridized carbons (Fsp3) is 0.417. The Hall–Kier alpha value is -3.84. The van der Waals surface area contributed by atoms with Crippen LogP contribution < -0.4 is 4.90 Å². The van der Waals surface area contributed by atoms with E-state index in [1.165, 1.54) is 11.3 Å². The quantitative estimate of drug-likeness (QED) is 0.536. The van der Waals surface area contributed by atoms with Crippen LogP contribution in [0.2, 0.25) is 0 Å². The third kappa shape index (κ3) is 7.59. The maximum Gasteiger partial charge on any atom is 0.490 e. The van der Waals surface area contributed by atoms with Crippen molar-refractivity contribution in [1.82, 2.24) is 9.88 Å². The van der Waals surface area contributed by atoms with Crippen LogP contribution >= 0.6 is 0 Å². The minimum Gasteiger partial charge on any atom is -0.475 e. The van der Waals surface area contributed by atoms with E-state index >= 15 is 0 Å². The topological polar surface area (TPSA) is 111 Å². The average molecular weight is 549 g/mol. The van der Waals surface area contributed by atoms with Gasteiger partial charge in [-0.15, -0.1) is 0 Å². The summed E-state index contributed by atoms with van der Waals surface area (Å²) >= 11 is 0. The predicted molar refractivity (Wildman–Crippen MR) is 123 cm³/mol. The molecule has 2 aliphatic rings. The van der Waals surface area contributed by atoms with Crippen molar-refractivity contribution in [3.05, 3.63) is 59.9 Å². The van der Waals surface area contributed by atoms with Gasteiger partial charge in [-0.1, -0.05) is 18.2 Å². The Morgan fingerprint density at radius 2 is 1.45 bits per heavy atom. The number of likely N-dealkylation sites (N-methyl/N-ethyl adjacent to an activating group) is 1. The normalized spacial score (nSPS) is 16.0. The zero-order chi connectivity index (χ0) is 28.7.